The van der Waals surface area contributed by atoms with E-state index in [9.17, 15) is 8.78 Å². The quantitative estimate of drug-likeness (QED) is 0.444. The third kappa shape index (κ3) is 5.83. The maximum atomic E-state index is 13.9. The third-order valence-corrected chi connectivity index (χ3v) is 5.82. The minimum Gasteiger partial charge on any atom is -0.461 e. The van der Waals surface area contributed by atoms with Gasteiger partial charge in [-0.1, -0.05) is 0 Å². The summed E-state index contributed by atoms with van der Waals surface area (Å²) in [6, 6.07) is 3.50. The van der Waals surface area contributed by atoms with Crippen LogP contribution in [0.15, 0.2) is 64.8 Å². The summed E-state index contributed by atoms with van der Waals surface area (Å²) in [5.74, 6) is 0.831. The normalized spacial score (nSPS) is 18.3. The Morgan fingerprint density at radius 2 is 2.03 bits per heavy atom. The fourth-order valence-electron chi connectivity index (χ4n) is 3.85. The van der Waals surface area contributed by atoms with Gasteiger partial charge in [0.2, 0.25) is 11.8 Å². The van der Waals surface area contributed by atoms with Crippen LogP contribution in [-0.2, 0) is 0 Å². The molecule has 0 bridgehead atoms. The average molecular weight is 498 g/mol. The number of hydrogen-bond donors (Lipinski definition) is 3. The van der Waals surface area contributed by atoms with Crippen LogP contribution >= 0.6 is 0 Å². The summed E-state index contributed by atoms with van der Waals surface area (Å²) in [5.41, 5.74) is 7.23. The van der Waals surface area contributed by atoms with Crippen LogP contribution in [0.25, 0.3) is 17.2 Å². The van der Waals surface area contributed by atoms with Gasteiger partial charge in [-0.15, -0.1) is 5.10 Å². The molecular weight excluding hydrogens is 468 g/mol. The summed E-state index contributed by atoms with van der Waals surface area (Å²) in [6.07, 6.45) is 8.41. The Balaban J connectivity index is 0.000000170. The van der Waals surface area contributed by atoms with Crippen molar-refractivity contribution in [2.24, 2.45) is 0 Å². The number of nitrogen functional groups attached to an aromatic ring is 1. The van der Waals surface area contributed by atoms with E-state index in [1.54, 1.807) is 24.5 Å². The van der Waals surface area contributed by atoms with E-state index in [2.05, 4.69) is 25.3 Å². The van der Waals surface area contributed by atoms with Gasteiger partial charge in [0.1, 0.15) is 12.0 Å². The van der Waals surface area contributed by atoms with Crippen molar-refractivity contribution in [1.29, 1.82) is 5.41 Å². The molecule has 1 saturated heterocycles. The van der Waals surface area contributed by atoms with Crippen LogP contribution in [0.1, 0.15) is 5.56 Å². The molecule has 190 valence electrons. The lowest BCUT2D eigenvalue weighted by Gasteiger charge is -2.36. The lowest BCUT2D eigenvalue weighted by atomic mass is 10.2. The molecule has 5 rings (SSSR count). The monoisotopic (exact) mass is 497 g/mol. The maximum Gasteiger partial charge on any atom is 0.223 e. The van der Waals surface area contributed by atoms with Crippen molar-refractivity contribution in [1.82, 2.24) is 34.7 Å². The second-order valence-corrected chi connectivity index (χ2v) is 8.19. The standard InChI is InChI=1S/C14H21F2N3.C10H8N6O/c1-17-6-7-18-8-10-19(11-9-18)14-5-3-12(15)2-4-13(14)16;11-4-6-5-13-10(12)16-9(6)14-8(15-16)7-2-1-3-17-7/h2-5,12,17H,6-11H2,1H3;1-5,11H,(H2,12,13). The molecule has 36 heavy (non-hydrogen) atoms. The van der Waals surface area contributed by atoms with Gasteiger partial charge in [-0.25, -0.2) is 18.7 Å². The van der Waals surface area contributed by atoms with Gasteiger partial charge in [0, 0.05) is 51.7 Å². The summed E-state index contributed by atoms with van der Waals surface area (Å²) < 4.78 is 33.6. The highest BCUT2D eigenvalue weighted by Gasteiger charge is 2.20. The van der Waals surface area contributed by atoms with E-state index in [-0.39, 0.29) is 11.8 Å². The molecule has 10 nitrogen and oxygen atoms in total. The molecule has 0 aromatic carbocycles. The number of nitrogens with two attached hydrogens (primary N) is 1. The Bertz CT molecular complexity index is 1260. The number of furan rings is 1. The number of alkyl halides is 1. The van der Waals surface area contributed by atoms with Gasteiger partial charge in [-0.05, 0) is 43.5 Å². The molecule has 12 heteroatoms. The van der Waals surface area contributed by atoms with E-state index in [1.165, 1.54) is 28.9 Å². The predicted octanol–water partition coefficient (Wildman–Crippen LogP) is 2.43. The van der Waals surface area contributed by atoms with Crippen LogP contribution in [0.3, 0.4) is 0 Å². The second-order valence-electron chi connectivity index (χ2n) is 8.19. The molecule has 1 unspecified atom stereocenters. The van der Waals surface area contributed by atoms with Crippen LogP contribution in [-0.4, -0.2) is 88.1 Å². The summed E-state index contributed by atoms with van der Waals surface area (Å²) in [6.45, 7) is 5.35. The van der Waals surface area contributed by atoms with Gasteiger partial charge >= 0.3 is 0 Å². The molecule has 0 spiro atoms. The molecule has 0 amide bonds. The molecule has 1 fully saturated rings. The number of rotatable bonds is 6. The first-order valence-electron chi connectivity index (χ1n) is 11.6. The van der Waals surface area contributed by atoms with Gasteiger partial charge in [0.25, 0.3) is 0 Å². The zero-order valence-electron chi connectivity index (χ0n) is 19.9. The summed E-state index contributed by atoms with van der Waals surface area (Å²) >= 11 is 0. The molecule has 1 aliphatic carbocycles. The van der Waals surface area contributed by atoms with Crippen LogP contribution in [0, 0.1) is 5.41 Å². The van der Waals surface area contributed by atoms with E-state index in [4.69, 9.17) is 15.6 Å². The highest BCUT2D eigenvalue weighted by atomic mass is 19.1. The molecule has 3 aromatic heterocycles. The number of allylic oxidation sites excluding steroid dienone is 5. The Morgan fingerprint density at radius 1 is 1.25 bits per heavy atom. The molecule has 4 heterocycles. The zero-order chi connectivity index (χ0) is 25.5. The minimum atomic E-state index is -1.19. The first-order chi connectivity index (χ1) is 17.5. The number of aromatic nitrogens is 4. The van der Waals surface area contributed by atoms with Crippen molar-refractivity contribution in [3.8, 4) is 11.6 Å². The molecule has 2 aliphatic rings. The van der Waals surface area contributed by atoms with Crippen molar-refractivity contribution in [3.63, 3.8) is 0 Å². The lowest BCUT2D eigenvalue weighted by Crippen LogP contribution is -2.47. The van der Waals surface area contributed by atoms with Crippen molar-refractivity contribution >= 4 is 17.8 Å². The van der Waals surface area contributed by atoms with E-state index in [0.717, 1.165) is 45.5 Å². The fraction of sp³-hybridized carbons (Fsp3) is 0.333. The Labute approximate surface area is 207 Å². The van der Waals surface area contributed by atoms with Crippen molar-refractivity contribution in [3.05, 3.63) is 66.0 Å². The summed E-state index contributed by atoms with van der Waals surface area (Å²) in [7, 11) is 1.94. The third-order valence-electron chi connectivity index (χ3n) is 5.82. The Hall–Kier alpha value is -3.90. The molecule has 3 aromatic rings. The van der Waals surface area contributed by atoms with E-state index >= 15 is 0 Å². The average Bonchev–Trinajstić information content (AvgIpc) is 3.55. The SMILES string of the molecule is CNCCN1CCN(C2=C(F)C=CC(F)C=C2)CC1.N=Cc1cnc(N)n2nc(-c3ccco3)nc12. The largest absolute Gasteiger partial charge is 0.461 e. The number of fused-ring (bicyclic) bond motifs is 1. The first kappa shape index (κ1) is 25.2. The van der Waals surface area contributed by atoms with E-state index in [1.807, 2.05) is 11.9 Å². The minimum absolute atomic E-state index is 0.218. The van der Waals surface area contributed by atoms with Gasteiger partial charge in [-0.3, -0.25) is 4.90 Å². The van der Waals surface area contributed by atoms with Crippen LogP contribution in [0.5, 0.6) is 0 Å². The second kappa shape index (κ2) is 11.7. The smallest absolute Gasteiger partial charge is 0.223 e. The number of piperazine rings is 1. The lowest BCUT2D eigenvalue weighted by molar-refractivity contribution is 0.161. The van der Waals surface area contributed by atoms with E-state index < -0.39 is 6.17 Å². The predicted molar refractivity (Wildman–Crippen MR) is 134 cm³/mol. The molecular formula is C24H29F2N9O. The van der Waals surface area contributed by atoms with Crippen molar-refractivity contribution < 1.29 is 13.2 Å². The number of anilines is 1. The molecule has 1 atom stereocenters. The summed E-state index contributed by atoms with van der Waals surface area (Å²) in [4.78, 5) is 12.5. The number of nitrogens with one attached hydrogen (secondary N) is 2. The van der Waals surface area contributed by atoms with Gasteiger partial charge in [0.05, 0.1) is 17.5 Å². The van der Waals surface area contributed by atoms with Gasteiger partial charge < -0.3 is 25.8 Å². The van der Waals surface area contributed by atoms with Gasteiger partial charge in [-0.2, -0.15) is 4.52 Å². The molecule has 0 radical (unpaired) electrons. The number of hydrogen-bond acceptors (Lipinski definition) is 9. The number of nitrogens with zero attached hydrogens (tertiary/aromatic N) is 6. The van der Waals surface area contributed by atoms with Crippen LogP contribution in [0.2, 0.25) is 0 Å². The molecule has 4 N–H and O–H groups in total. The van der Waals surface area contributed by atoms with E-state index in [0.29, 0.717) is 28.5 Å². The highest BCUT2D eigenvalue weighted by Crippen LogP contribution is 2.21. The number of likely N-dealkylation sites (N-methyl/N-ethyl adjacent to an activating group) is 1. The highest BCUT2D eigenvalue weighted by molar-refractivity contribution is 5.86. The first-order valence-corrected chi connectivity index (χ1v) is 11.6. The molecule has 0 saturated carbocycles. The van der Waals surface area contributed by atoms with Crippen LogP contribution < -0.4 is 11.1 Å². The van der Waals surface area contributed by atoms with Crippen molar-refractivity contribution in [2.75, 3.05) is 52.0 Å². The Kier molecular flexibility index (Phi) is 8.18. The fourth-order valence-corrected chi connectivity index (χ4v) is 3.85. The Morgan fingerprint density at radius 3 is 2.72 bits per heavy atom. The van der Waals surface area contributed by atoms with Crippen LogP contribution in [0.4, 0.5) is 14.7 Å². The topological polar surface area (TPSA) is 125 Å². The van der Waals surface area contributed by atoms with Crippen molar-refractivity contribution in [2.45, 2.75) is 6.17 Å². The van der Waals surface area contributed by atoms with Gasteiger partial charge in [0.15, 0.2) is 11.4 Å². The molecule has 1 aliphatic heterocycles. The zero-order valence-corrected chi connectivity index (χ0v) is 19.9. The number of halogens is 2. The summed E-state index contributed by atoms with van der Waals surface area (Å²) in [5, 5.41) is 14.6. The maximum absolute atomic E-state index is 13.9.